The van der Waals surface area contributed by atoms with Gasteiger partial charge in [-0.3, -0.25) is 4.90 Å². The molecule has 0 bridgehead atoms. The Bertz CT molecular complexity index is 922. The van der Waals surface area contributed by atoms with Gasteiger partial charge in [-0.1, -0.05) is 12.1 Å². The van der Waals surface area contributed by atoms with Crippen molar-refractivity contribution in [1.29, 1.82) is 0 Å². The molecule has 7 nitrogen and oxygen atoms in total. The second kappa shape index (κ2) is 8.64. The molecular weight excluding hydrogens is 391 g/mol. The molecule has 1 aromatic heterocycles. The Morgan fingerprint density at radius 1 is 1.21 bits per heavy atom. The Morgan fingerprint density at radius 3 is 2.31 bits per heavy atom. The zero-order valence-electron chi connectivity index (χ0n) is 16.2. The average molecular weight is 413 g/mol. The van der Waals surface area contributed by atoms with Crippen molar-refractivity contribution in [2.45, 2.75) is 39.5 Å². The number of alkyl halides is 3. The average Bonchev–Trinajstić information content (AvgIpc) is 2.87. The fraction of sp³-hybridized carbons (Fsp3) is 0.421. The molecule has 3 rings (SSSR count). The minimum absolute atomic E-state index is 0.445. The number of aliphatic carboxylic acids is 1. The summed E-state index contributed by atoms with van der Waals surface area (Å²) in [4.78, 5) is 27.2. The Morgan fingerprint density at radius 2 is 1.83 bits per heavy atom. The highest BCUT2D eigenvalue weighted by molar-refractivity contribution is 5.89. The van der Waals surface area contributed by atoms with Crippen molar-refractivity contribution in [3.8, 4) is 0 Å². The van der Waals surface area contributed by atoms with E-state index in [1.54, 1.807) is 6.07 Å². The summed E-state index contributed by atoms with van der Waals surface area (Å²) in [5.74, 6) is -2.53. The number of imidazole rings is 1. The lowest BCUT2D eigenvalue weighted by Gasteiger charge is -2.29. The van der Waals surface area contributed by atoms with Gasteiger partial charge in [0.15, 0.2) is 0 Å². The van der Waals surface area contributed by atoms with E-state index in [-0.39, 0.29) is 0 Å². The van der Waals surface area contributed by atoms with Gasteiger partial charge in [-0.05, 0) is 37.5 Å². The second-order valence-corrected chi connectivity index (χ2v) is 6.77. The Kier molecular flexibility index (Phi) is 6.68. The van der Waals surface area contributed by atoms with Crippen molar-refractivity contribution in [2.75, 3.05) is 6.54 Å². The summed E-state index contributed by atoms with van der Waals surface area (Å²) in [7, 11) is 2.05. The number of halogens is 3. The van der Waals surface area contributed by atoms with Crippen molar-refractivity contribution >= 4 is 11.9 Å². The van der Waals surface area contributed by atoms with E-state index in [0.29, 0.717) is 5.56 Å². The first-order valence-electron chi connectivity index (χ1n) is 8.77. The van der Waals surface area contributed by atoms with Gasteiger partial charge >= 0.3 is 18.1 Å². The van der Waals surface area contributed by atoms with Gasteiger partial charge in [0.2, 0.25) is 0 Å². The zero-order valence-corrected chi connectivity index (χ0v) is 16.2. The zero-order chi connectivity index (χ0) is 21.9. The minimum atomic E-state index is -5.08. The Balaban J connectivity index is 0.000000370. The first-order chi connectivity index (χ1) is 13.4. The lowest BCUT2D eigenvalue weighted by atomic mass is 9.94. The summed E-state index contributed by atoms with van der Waals surface area (Å²) in [5.41, 5.74) is 4.82. The molecule has 2 N–H and O–H groups in total. The van der Waals surface area contributed by atoms with Gasteiger partial charge in [0.1, 0.15) is 5.82 Å². The maximum absolute atomic E-state index is 11.3. The lowest BCUT2D eigenvalue weighted by Crippen LogP contribution is -2.32. The van der Waals surface area contributed by atoms with E-state index in [2.05, 4.69) is 21.4 Å². The predicted octanol–water partition coefficient (Wildman–Crippen LogP) is 2.93. The third-order valence-electron chi connectivity index (χ3n) is 4.89. The summed E-state index contributed by atoms with van der Waals surface area (Å²) in [5, 5.41) is 16.4. The van der Waals surface area contributed by atoms with Crippen LogP contribution in [0.5, 0.6) is 0 Å². The standard InChI is InChI=1S/C17H21N3O2.C2HF3O2/c1-11-12(2)19(3)16(18-11)10-20-8-7-14-13(9-20)5-4-6-15(14)17(21)22;3-2(4,5)1(6)7/h4-6H,7-10H2,1-3H3,(H,21,22);(H,6,7). The number of carboxylic acids is 2. The fourth-order valence-corrected chi connectivity index (χ4v) is 3.13. The molecule has 0 saturated carbocycles. The number of carbonyl (C=O) groups is 2. The van der Waals surface area contributed by atoms with Crippen molar-refractivity contribution in [3.63, 3.8) is 0 Å². The highest BCUT2D eigenvalue weighted by Gasteiger charge is 2.38. The second-order valence-electron chi connectivity index (χ2n) is 6.77. The molecular formula is C19H22F3N3O4. The molecule has 0 amide bonds. The van der Waals surface area contributed by atoms with Gasteiger partial charge in [0.25, 0.3) is 0 Å². The number of aromatic carboxylic acids is 1. The van der Waals surface area contributed by atoms with Crippen LogP contribution in [-0.2, 0) is 31.4 Å². The van der Waals surface area contributed by atoms with Gasteiger partial charge < -0.3 is 14.8 Å². The lowest BCUT2D eigenvalue weighted by molar-refractivity contribution is -0.192. The van der Waals surface area contributed by atoms with E-state index >= 15 is 0 Å². The van der Waals surface area contributed by atoms with Crippen molar-refractivity contribution < 1.29 is 33.0 Å². The van der Waals surface area contributed by atoms with Crippen LogP contribution in [0.4, 0.5) is 13.2 Å². The molecule has 0 fully saturated rings. The number of hydrogen-bond acceptors (Lipinski definition) is 4. The molecule has 0 unspecified atom stereocenters. The molecule has 0 aliphatic carbocycles. The van der Waals surface area contributed by atoms with Crippen LogP contribution in [0, 0.1) is 13.8 Å². The SMILES string of the molecule is Cc1nc(CN2CCc3c(cccc3C(=O)O)C2)n(C)c1C.O=C(O)C(F)(F)F. The monoisotopic (exact) mass is 413 g/mol. The predicted molar refractivity (Wildman–Crippen MR) is 97.6 cm³/mol. The number of carboxylic acid groups (broad SMARTS) is 2. The van der Waals surface area contributed by atoms with E-state index < -0.39 is 18.1 Å². The summed E-state index contributed by atoms with van der Waals surface area (Å²) in [6, 6.07) is 5.56. The van der Waals surface area contributed by atoms with Crippen LogP contribution in [0.2, 0.25) is 0 Å². The van der Waals surface area contributed by atoms with E-state index in [1.807, 2.05) is 26.1 Å². The molecule has 2 heterocycles. The molecule has 0 atom stereocenters. The first-order valence-corrected chi connectivity index (χ1v) is 8.77. The number of benzene rings is 1. The van der Waals surface area contributed by atoms with Crippen LogP contribution >= 0.6 is 0 Å². The largest absolute Gasteiger partial charge is 0.490 e. The molecule has 1 aliphatic rings. The minimum Gasteiger partial charge on any atom is -0.478 e. The summed E-state index contributed by atoms with van der Waals surface area (Å²) in [6.45, 7) is 6.55. The summed E-state index contributed by atoms with van der Waals surface area (Å²) in [6.07, 6.45) is -4.31. The number of nitrogens with zero attached hydrogens (tertiary/aromatic N) is 3. The van der Waals surface area contributed by atoms with Crippen molar-refractivity contribution in [2.24, 2.45) is 7.05 Å². The molecule has 29 heavy (non-hydrogen) atoms. The molecule has 10 heteroatoms. The highest BCUT2D eigenvalue weighted by Crippen LogP contribution is 2.24. The maximum atomic E-state index is 11.3. The van der Waals surface area contributed by atoms with Gasteiger partial charge in [-0.2, -0.15) is 13.2 Å². The third kappa shape index (κ3) is 5.35. The highest BCUT2D eigenvalue weighted by atomic mass is 19.4. The normalized spacial score (nSPS) is 14.0. The molecule has 2 aromatic rings. The Hall–Kier alpha value is -2.88. The molecule has 0 radical (unpaired) electrons. The number of rotatable bonds is 3. The summed E-state index contributed by atoms with van der Waals surface area (Å²) < 4.78 is 33.9. The third-order valence-corrected chi connectivity index (χ3v) is 4.89. The van der Waals surface area contributed by atoms with Gasteiger partial charge in [-0.25, -0.2) is 14.6 Å². The van der Waals surface area contributed by atoms with E-state index in [0.717, 1.165) is 48.7 Å². The molecule has 158 valence electrons. The van der Waals surface area contributed by atoms with Gasteiger partial charge in [-0.15, -0.1) is 0 Å². The van der Waals surface area contributed by atoms with Crippen molar-refractivity contribution in [1.82, 2.24) is 14.5 Å². The van der Waals surface area contributed by atoms with Gasteiger partial charge in [0.05, 0.1) is 17.8 Å². The molecule has 0 spiro atoms. The molecule has 1 aliphatic heterocycles. The smallest absolute Gasteiger partial charge is 0.478 e. The van der Waals surface area contributed by atoms with Crippen LogP contribution < -0.4 is 0 Å². The van der Waals surface area contributed by atoms with E-state index in [1.165, 1.54) is 5.69 Å². The summed E-state index contributed by atoms with van der Waals surface area (Å²) >= 11 is 0. The number of hydrogen-bond donors (Lipinski definition) is 2. The Labute approximate surface area is 165 Å². The maximum Gasteiger partial charge on any atom is 0.490 e. The molecule has 1 aromatic carbocycles. The van der Waals surface area contributed by atoms with Crippen LogP contribution in [0.1, 0.15) is 38.7 Å². The van der Waals surface area contributed by atoms with Crippen molar-refractivity contribution in [3.05, 3.63) is 52.1 Å². The number of aromatic nitrogens is 2. The number of aryl methyl sites for hydroxylation is 1. The molecule has 0 saturated heterocycles. The van der Waals surface area contributed by atoms with E-state index in [4.69, 9.17) is 9.90 Å². The number of fused-ring (bicyclic) bond motifs is 1. The van der Waals surface area contributed by atoms with E-state index in [9.17, 15) is 23.1 Å². The topological polar surface area (TPSA) is 95.7 Å². The van der Waals surface area contributed by atoms with Crippen LogP contribution in [-0.4, -0.2) is 49.3 Å². The quantitative estimate of drug-likeness (QED) is 0.803. The van der Waals surface area contributed by atoms with Crippen LogP contribution in [0.3, 0.4) is 0 Å². The van der Waals surface area contributed by atoms with Crippen LogP contribution in [0.15, 0.2) is 18.2 Å². The first kappa shape index (κ1) is 22.4. The fourth-order valence-electron chi connectivity index (χ4n) is 3.13. The van der Waals surface area contributed by atoms with Gasteiger partial charge in [0, 0.05) is 25.8 Å². The van der Waals surface area contributed by atoms with Crippen LogP contribution in [0.25, 0.3) is 0 Å².